The average Bonchev–Trinajstić information content (AvgIpc) is 2.69. The quantitative estimate of drug-likeness (QED) is 0.806. The van der Waals surface area contributed by atoms with Gasteiger partial charge in [0.25, 0.3) is 0 Å². The van der Waals surface area contributed by atoms with Gasteiger partial charge >= 0.3 is 0 Å². The Morgan fingerprint density at radius 3 is 2.27 bits per heavy atom. The van der Waals surface area contributed by atoms with Gasteiger partial charge in [0, 0.05) is 13.1 Å². The van der Waals surface area contributed by atoms with Gasteiger partial charge in [-0.2, -0.15) is 0 Å². The Morgan fingerprint density at radius 2 is 1.58 bits per heavy atom. The Balaban J connectivity index is 1.44. The fourth-order valence-electron chi connectivity index (χ4n) is 3.42. The molecule has 3 rings (SSSR count). The van der Waals surface area contributed by atoms with E-state index >= 15 is 0 Å². The van der Waals surface area contributed by atoms with E-state index in [1.165, 1.54) is 37.9 Å². The van der Waals surface area contributed by atoms with Gasteiger partial charge in [-0.25, -0.2) is 0 Å². The number of carbonyl (C=O) groups excluding carboxylic acids is 1. The first-order valence-electron chi connectivity index (χ1n) is 9.58. The summed E-state index contributed by atoms with van der Waals surface area (Å²) in [6, 6.07) is 17.9. The lowest BCUT2D eigenvalue weighted by molar-refractivity contribution is -0.122. The second-order valence-electron chi connectivity index (χ2n) is 7.17. The Kier molecular flexibility index (Phi) is 6.81. The van der Waals surface area contributed by atoms with Gasteiger partial charge in [-0.05, 0) is 49.0 Å². The molecule has 26 heavy (non-hydrogen) atoms. The van der Waals surface area contributed by atoms with E-state index in [0.717, 1.165) is 17.7 Å². The standard InChI is InChI=1S/C22H29N3O/c23-21(15-18-7-3-1-4-8-18)22(26)24-16-19-9-11-20(12-10-19)17-25-13-5-2-6-14-25/h1,3-4,7-12,21H,2,5-6,13-17,23H2,(H,24,26). The number of hydrogen-bond donors (Lipinski definition) is 2. The van der Waals surface area contributed by atoms with Gasteiger partial charge in [-0.3, -0.25) is 9.69 Å². The van der Waals surface area contributed by atoms with Crippen molar-refractivity contribution < 1.29 is 4.79 Å². The molecule has 1 atom stereocenters. The van der Waals surface area contributed by atoms with Crippen LogP contribution in [0.2, 0.25) is 0 Å². The van der Waals surface area contributed by atoms with E-state index in [2.05, 4.69) is 34.5 Å². The third-order valence-electron chi connectivity index (χ3n) is 4.98. The molecule has 0 aliphatic carbocycles. The molecule has 2 aromatic rings. The molecule has 1 amide bonds. The number of piperidine rings is 1. The third kappa shape index (κ3) is 5.68. The molecule has 0 spiro atoms. The van der Waals surface area contributed by atoms with Gasteiger partial charge in [0.1, 0.15) is 0 Å². The Labute approximate surface area is 156 Å². The molecule has 4 heteroatoms. The van der Waals surface area contributed by atoms with Gasteiger partial charge in [-0.1, -0.05) is 61.0 Å². The van der Waals surface area contributed by atoms with Crippen LogP contribution in [0.5, 0.6) is 0 Å². The molecule has 0 radical (unpaired) electrons. The molecule has 0 saturated carbocycles. The van der Waals surface area contributed by atoms with Crippen LogP contribution < -0.4 is 11.1 Å². The smallest absolute Gasteiger partial charge is 0.237 e. The maximum absolute atomic E-state index is 12.2. The van der Waals surface area contributed by atoms with Crippen LogP contribution in [0, 0.1) is 0 Å². The Morgan fingerprint density at radius 1 is 0.923 bits per heavy atom. The third-order valence-corrected chi connectivity index (χ3v) is 4.98. The Bertz CT molecular complexity index is 678. The molecule has 2 aromatic carbocycles. The zero-order valence-electron chi connectivity index (χ0n) is 15.4. The monoisotopic (exact) mass is 351 g/mol. The maximum atomic E-state index is 12.2. The van der Waals surface area contributed by atoms with Crippen LogP contribution in [0.1, 0.15) is 36.0 Å². The molecule has 1 unspecified atom stereocenters. The van der Waals surface area contributed by atoms with E-state index in [-0.39, 0.29) is 5.91 Å². The van der Waals surface area contributed by atoms with E-state index in [4.69, 9.17) is 5.73 Å². The zero-order chi connectivity index (χ0) is 18.2. The van der Waals surface area contributed by atoms with Gasteiger partial charge in [0.05, 0.1) is 6.04 Å². The minimum absolute atomic E-state index is 0.105. The summed E-state index contributed by atoms with van der Waals surface area (Å²) in [5, 5.41) is 2.95. The molecule has 4 nitrogen and oxygen atoms in total. The summed E-state index contributed by atoms with van der Waals surface area (Å²) in [6.45, 7) is 3.95. The first-order valence-corrected chi connectivity index (χ1v) is 9.58. The van der Waals surface area contributed by atoms with Crippen LogP contribution in [0.4, 0.5) is 0 Å². The molecule has 3 N–H and O–H groups in total. The van der Waals surface area contributed by atoms with Crippen molar-refractivity contribution in [1.29, 1.82) is 0 Å². The van der Waals surface area contributed by atoms with Crippen LogP contribution in [0.15, 0.2) is 54.6 Å². The van der Waals surface area contributed by atoms with Crippen molar-refractivity contribution >= 4 is 5.91 Å². The Hall–Kier alpha value is -2.17. The number of nitrogens with one attached hydrogen (secondary N) is 1. The zero-order valence-corrected chi connectivity index (χ0v) is 15.4. The first-order chi connectivity index (χ1) is 12.7. The fraction of sp³-hybridized carbons (Fsp3) is 0.409. The van der Waals surface area contributed by atoms with Gasteiger partial charge in [0.2, 0.25) is 5.91 Å². The molecule has 0 bridgehead atoms. The predicted octanol–water partition coefficient (Wildman–Crippen LogP) is 2.86. The highest BCUT2D eigenvalue weighted by Crippen LogP contribution is 2.13. The number of benzene rings is 2. The fourth-order valence-corrected chi connectivity index (χ4v) is 3.42. The lowest BCUT2D eigenvalue weighted by atomic mass is 10.1. The second-order valence-corrected chi connectivity index (χ2v) is 7.17. The topological polar surface area (TPSA) is 58.4 Å². The number of nitrogens with zero attached hydrogens (tertiary/aromatic N) is 1. The predicted molar refractivity (Wildman–Crippen MR) is 106 cm³/mol. The molecule has 138 valence electrons. The molecular formula is C22H29N3O. The van der Waals surface area contributed by atoms with E-state index < -0.39 is 6.04 Å². The normalized spacial score (nSPS) is 16.2. The molecule has 1 aliphatic rings. The number of carbonyl (C=O) groups is 1. The first kappa shape index (κ1) is 18.6. The van der Waals surface area contributed by atoms with Gasteiger partial charge < -0.3 is 11.1 Å². The van der Waals surface area contributed by atoms with Crippen molar-refractivity contribution in [1.82, 2.24) is 10.2 Å². The summed E-state index contributed by atoms with van der Waals surface area (Å²) in [4.78, 5) is 14.7. The van der Waals surface area contributed by atoms with Crippen molar-refractivity contribution in [2.45, 2.75) is 44.8 Å². The molecule has 1 heterocycles. The van der Waals surface area contributed by atoms with Crippen molar-refractivity contribution in [3.05, 3.63) is 71.3 Å². The molecule has 1 fully saturated rings. The lowest BCUT2D eigenvalue weighted by Gasteiger charge is -2.26. The summed E-state index contributed by atoms with van der Waals surface area (Å²) >= 11 is 0. The lowest BCUT2D eigenvalue weighted by Crippen LogP contribution is -2.41. The van der Waals surface area contributed by atoms with Crippen LogP contribution in [-0.4, -0.2) is 29.9 Å². The second kappa shape index (κ2) is 9.51. The van der Waals surface area contributed by atoms with Crippen LogP contribution in [0.3, 0.4) is 0 Å². The number of amides is 1. The number of nitrogens with two attached hydrogens (primary N) is 1. The minimum atomic E-state index is -0.518. The van der Waals surface area contributed by atoms with Gasteiger partial charge in [0.15, 0.2) is 0 Å². The summed E-state index contributed by atoms with van der Waals surface area (Å²) in [5.74, 6) is -0.105. The van der Waals surface area contributed by atoms with E-state index in [1.54, 1.807) is 0 Å². The molecule has 1 aliphatic heterocycles. The number of likely N-dealkylation sites (tertiary alicyclic amines) is 1. The molecular weight excluding hydrogens is 322 g/mol. The SMILES string of the molecule is NC(Cc1ccccc1)C(=O)NCc1ccc(CN2CCCCC2)cc1. The van der Waals surface area contributed by atoms with Crippen molar-refractivity contribution in [2.75, 3.05) is 13.1 Å². The van der Waals surface area contributed by atoms with E-state index in [9.17, 15) is 4.79 Å². The largest absolute Gasteiger partial charge is 0.351 e. The van der Waals surface area contributed by atoms with Crippen LogP contribution in [-0.2, 0) is 24.3 Å². The summed E-state index contributed by atoms with van der Waals surface area (Å²) in [7, 11) is 0. The maximum Gasteiger partial charge on any atom is 0.237 e. The summed E-state index contributed by atoms with van der Waals surface area (Å²) < 4.78 is 0. The van der Waals surface area contributed by atoms with Crippen LogP contribution in [0.25, 0.3) is 0 Å². The molecule has 0 aromatic heterocycles. The number of hydrogen-bond acceptors (Lipinski definition) is 3. The van der Waals surface area contributed by atoms with Crippen molar-refractivity contribution in [2.24, 2.45) is 5.73 Å². The van der Waals surface area contributed by atoms with E-state index in [1.807, 2.05) is 30.3 Å². The molecule has 1 saturated heterocycles. The van der Waals surface area contributed by atoms with Gasteiger partial charge in [-0.15, -0.1) is 0 Å². The van der Waals surface area contributed by atoms with Crippen LogP contribution >= 0.6 is 0 Å². The highest BCUT2D eigenvalue weighted by atomic mass is 16.2. The average molecular weight is 351 g/mol. The summed E-state index contributed by atoms with van der Waals surface area (Å²) in [6.07, 6.45) is 4.55. The summed E-state index contributed by atoms with van der Waals surface area (Å²) in [5.41, 5.74) is 9.55. The van der Waals surface area contributed by atoms with E-state index in [0.29, 0.717) is 13.0 Å². The highest BCUT2D eigenvalue weighted by Gasteiger charge is 2.14. The number of rotatable bonds is 7. The van der Waals surface area contributed by atoms with Crippen molar-refractivity contribution in [3.63, 3.8) is 0 Å². The van der Waals surface area contributed by atoms with Crippen molar-refractivity contribution in [3.8, 4) is 0 Å². The highest BCUT2D eigenvalue weighted by molar-refractivity contribution is 5.81. The minimum Gasteiger partial charge on any atom is -0.351 e.